The van der Waals surface area contributed by atoms with Crippen LogP contribution in [0.15, 0.2) is 23.8 Å². The van der Waals surface area contributed by atoms with Gasteiger partial charge in [0.15, 0.2) is 5.75 Å². The second-order valence-electron chi connectivity index (χ2n) is 13.3. The number of rotatable bonds is 5. The second-order valence-corrected chi connectivity index (χ2v) is 18.1. The van der Waals surface area contributed by atoms with Gasteiger partial charge in [0.25, 0.3) is 8.32 Å². The van der Waals surface area contributed by atoms with Crippen molar-refractivity contribution in [3.63, 3.8) is 0 Å². The molecule has 2 heterocycles. The van der Waals surface area contributed by atoms with Gasteiger partial charge in [-0.1, -0.05) is 26.8 Å². The molecule has 5 aliphatic rings. The van der Waals surface area contributed by atoms with Crippen LogP contribution in [0.5, 0.6) is 11.5 Å². The molecule has 0 amide bonds. The lowest BCUT2D eigenvalue weighted by atomic mass is 9.48. The standard InChI is InChI=1S/C29H41NO5Si/c1-27(2,3)36(5,6)35-21-10-9-19-15-22-29(32)12-11-20(16-23(31)33-4)26-28(29,24(19)25(21)34-26)13-14-30(22)17-18-7-8-18/h9-10,16,18,22,26,32H,7-8,11-15,17H2,1-6H3/b20-16-/t22-,26?,28+,29-/m1/s1. The summed E-state index contributed by atoms with van der Waals surface area (Å²) < 4.78 is 18.7. The molecule has 2 saturated carbocycles. The van der Waals surface area contributed by atoms with Crippen LogP contribution >= 0.6 is 0 Å². The van der Waals surface area contributed by atoms with E-state index in [0.29, 0.717) is 12.8 Å². The highest BCUT2D eigenvalue weighted by Gasteiger charge is 2.72. The van der Waals surface area contributed by atoms with E-state index in [4.69, 9.17) is 13.9 Å². The lowest BCUT2D eigenvalue weighted by Gasteiger charge is -2.63. The van der Waals surface area contributed by atoms with E-state index in [1.165, 1.54) is 25.5 Å². The molecule has 6 rings (SSSR count). The highest BCUT2D eigenvalue weighted by Crippen LogP contribution is 2.66. The zero-order valence-corrected chi connectivity index (χ0v) is 23.6. The molecule has 1 N–H and O–H groups in total. The molecule has 3 aliphatic carbocycles. The Hall–Kier alpha value is -1.83. The maximum absolute atomic E-state index is 12.7. The molecule has 3 fully saturated rings. The topological polar surface area (TPSA) is 68.2 Å². The summed E-state index contributed by atoms with van der Waals surface area (Å²) in [6, 6.07) is 4.39. The Bertz CT molecular complexity index is 1140. The van der Waals surface area contributed by atoms with Gasteiger partial charge in [0.2, 0.25) is 0 Å². The van der Waals surface area contributed by atoms with Crippen molar-refractivity contribution in [3.05, 3.63) is 34.9 Å². The first kappa shape index (κ1) is 24.5. The molecule has 36 heavy (non-hydrogen) atoms. The van der Waals surface area contributed by atoms with Crippen LogP contribution < -0.4 is 9.16 Å². The summed E-state index contributed by atoms with van der Waals surface area (Å²) in [5.74, 6) is 2.01. The van der Waals surface area contributed by atoms with Crippen LogP contribution in [0, 0.1) is 5.92 Å². The normalized spacial score (nSPS) is 34.2. The van der Waals surface area contributed by atoms with Crippen LogP contribution in [0.3, 0.4) is 0 Å². The third kappa shape index (κ3) is 3.31. The quantitative estimate of drug-likeness (QED) is 0.350. The minimum atomic E-state index is -2.12. The average molecular weight is 512 g/mol. The number of aliphatic hydroxyl groups is 1. The van der Waals surface area contributed by atoms with Crippen molar-refractivity contribution in [1.29, 1.82) is 0 Å². The number of carbonyl (C=O) groups is 1. The zero-order valence-electron chi connectivity index (χ0n) is 22.6. The number of nitrogens with zero attached hydrogens (tertiary/aromatic N) is 1. The van der Waals surface area contributed by atoms with Crippen molar-refractivity contribution in [2.45, 2.75) is 101 Å². The highest BCUT2D eigenvalue weighted by atomic mass is 28.4. The molecule has 196 valence electrons. The first-order valence-corrected chi connectivity index (χ1v) is 16.6. The Morgan fingerprint density at radius 1 is 1.28 bits per heavy atom. The Morgan fingerprint density at radius 3 is 2.69 bits per heavy atom. The molecule has 1 aromatic rings. The third-order valence-electron chi connectivity index (χ3n) is 10.3. The van der Waals surface area contributed by atoms with E-state index in [0.717, 1.165) is 54.5 Å². The summed E-state index contributed by atoms with van der Waals surface area (Å²) in [5, 5.41) is 12.7. The van der Waals surface area contributed by atoms with Crippen molar-refractivity contribution in [2.24, 2.45) is 5.92 Å². The van der Waals surface area contributed by atoms with E-state index in [2.05, 4.69) is 50.9 Å². The number of benzene rings is 1. The molecule has 4 atom stereocenters. The second kappa shape index (κ2) is 7.84. The molecule has 2 bridgehead atoms. The number of carbonyl (C=O) groups excluding carboxylic acids is 1. The minimum Gasteiger partial charge on any atom is -0.541 e. The first-order chi connectivity index (χ1) is 16.9. The number of ether oxygens (including phenoxy) is 2. The molecular weight excluding hydrogens is 470 g/mol. The molecule has 6 nitrogen and oxygen atoms in total. The van der Waals surface area contributed by atoms with Gasteiger partial charge >= 0.3 is 5.97 Å². The van der Waals surface area contributed by atoms with Crippen LogP contribution in [-0.2, 0) is 21.4 Å². The van der Waals surface area contributed by atoms with Gasteiger partial charge in [0, 0.05) is 24.2 Å². The number of hydrogen-bond acceptors (Lipinski definition) is 6. The zero-order chi connectivity index (χ0) is 25.7. The number of piperidine rings is 1. The predicted octanol–water partition coefficient (Wildman–Crippen LogP) is 4.73. The molecule has 1 aromatic carbocycles. The van der Waals surface area contributed by atoms with Gasteiger partial charge in [0.05, 0.1) is 18.1 Å². The van der Waals surface area contributed by atoms with E-state index < -0.39 is 19.3 Å². The predicted molar refractivity (Wildman–Crippen MR) is 141 cm³/mol. The maximum atomic E-state index is 12.7. The lowest BCUT2D eigenvalue weighted by Crippen LogP contribution is -2.75. The minimum absolute atomic E-state index is 0.0508. The van der Waals surface area contributed by atoms with Gasteiger partial charge < -0.3 is 19.0 Å². The molecule has 0 radical (unpaired) electrons. The van der Waals surface area contributed by atoms with Gasteiger partial charge in [-0.05, 0) is 86.3 Å². The van der Waals surface area contributed by atoms with Gasteiger partial charge in [-0.25, -0.2) is 4.79 Å². The van der Waals surface area contributed by atoms with E-state index in [1.54, 1.807) is 6.08 Å². The summed E-state index contributed by atoms with van der Waals surface area (Å²) in [7, 11) is -0.703. The van der Waals surface area contributed by atoms with Crippen molar-refractivity contribution in [3.8, 4) is 11.5 Å². The Kier molecular flexibility index (Phi) is 5.33. The highest BCUT2D eigenvalue weighted by molar-refractivity contribution is 6.74. The number of esters is 1. The molecule has 1 saturated heterocycles. The fraction of sp³-hybridized carbons (Fsp3) is 0.690. The fourth-order valence-corrected chi connectivity index (χ4v) is 8.21. The van der Waals surface area contributed by atoms with Crippen LogP contribution in [-0.4, -0.2) is 62.2 Å². The third-order valence-corrected chi connectivity index (χ3v) is 14.6. The van der Waals surface area contributed by atoms with E-state index in [1.807, 2.05) is 0 Å². The number of hydrogen-bond donors (Lipinski definition) is 1. The van der Waals surface area contributed by atoms with E-state index >= 15 is 0 Å². The van der Waals surface area contributed by atoms with E-state index in [-0.39, 0.29) is 23.2 Å². The fourth-order valence-electron chi connectivity index (χ4n) is 7.19. The van der Waals surface area contributed by atoms with E-state index in [9.17, 15) is 9.90 Å². The summed E-state index contributed by atoms with van der Waals surface area (Å²) in [6.45, 7) is 13.3. The SMILES string of the molecule is COC(=O)/C=C1/CC[C@@]2(O)[C@H]3Cc4ccc(O[Si](C)(C)C(C)(C)C)c5c4[C@@]2(CCN3CC2CC2)C1O5. The Morgan fingerprint density at radius 2 is 2.03 bits per heavy atom. The Labute approximate surface area is 216 Å². The van der Waals surface area contributed by atoms with Gasteiger partial charge in [-0.15, -0.1) is 0 Å². The van der Waals surface area contributed by atoms with Crippen molar-refractivity contribution in [2.75, 3.05) is 20.2 Å². The molecular formula is C29H41NO5Si. The van der Waals surface area contributed by atoms with Crippen molar-refractivity contribution < 1.29 is 23.8 Å². The van der Waals surface area contributed by atoms with Crippen LogP contribution in [0.4, 0.5) is 0 Å². The summed E-state index contributed by atoms with van der Waals surface area (Å²) in [4.78, 5) is 14.9. The largest absolute Gasteiger partial charge is 0.541 e. The first-order valence-electron chi connectivity index (χ1n) is 13.7. The average Bonchev–Trinajstić information content (AvgIpc) is 3.54. The van der Waals surface area contributed by atoms with Gasteiger partial charge in [0.1, 0.15) is 11.9 Å². The van der Waals surface area contributed by atoms with Crippen molar-refractivity contribution in [1.82, 2.24) is 4.90 Å². The van der Waals surface area contributed by atoms with Gasteiger partial charge in [-0.3, -0.25) is 4.90 Å². The van der Waals surface area contributed by atoms with Crippen molar-refractivity contribution >= 4 is 14.3 Å². The van der Waals surface area contributed by atoms with Crippen LogP contribution in [0.25, 0.3) is 0 Å². The molecule has 2 aliphatic heterocycles. The van der Waals surface area contributed by atoms with Crippen LogP contribution in [0.1, 0.15) is 64.0 Å². The van der Waals surface area contributed by atoms with Gasteiger partial charge in [-0.2, -0.15) is 0 Å². The number of methoxy groups -OCH3 is 1. The maximum Gasteiger partial charge on any atom is 0.330 e. The molecule has 1 spiro atoms. The summed E-state index contributed by atoms with van der Waals surface area (Å²) in [5.41, 5.74) is 1.88. The monoisotopic (exact) mass is 511 g/mol. The molecule has 1 unspecified atom stereocenters. The number of likely N-dealkylation sites (tertiary alicyclic amines) is 1. The smallest absolute Gasteiger partial charge is 0.330 e. The summed E-state index contributed by atoms with van der Waals surface area (Å²) in [6.07, 6.45) is 6.76. The summed E-state index contributed by atoms with van der Waals surface area (Å²) >= 11 is 0. The Balaban J connectivity index is 1.51. The van der Waals surface area contributed by atoms with Crippen LogP contribution in [0.2, 0.25) is 18.1 Å². The molecule has 0 aromatic heterocycles. The molecule has 7 heteroatoms. The lowest BCUT2D eigenvalue weighted by molar-refractivity contribution is -0.175.